The molecule has 0 unspecified atom stereocenters. The Labute approximate surface area is 174 Å². The Bertz CT molecular complexity index is 1180. The molecule has 154 valence electrons. The molecule has 0 amide bonds. The lowest BCUT2D eigenvalue weighted by atomic mass is 9.95. The number of fused-ring (bicyclic) bond motifs is 2. The molecule has 1 N–H and O–H groups in total. The van der Waals surface area contributed by atoms with Crippen molar-refractivity contribution in [1.82, 2.24) is 9.29 Å². The third-order valence-electron chi connectivity index (χ3n) is 5.50. The van der Waals surface area contributed by atoms with Crippen LogP contribution in [-0.4, -0.2) is 35.6 Å². The fourth-order valence-electron chi connectivity index (χ4n) is 4.03. The van der Waals surface area contributed by atoms with Crippen LogP contribution in [0.2, 0.25) is 0 Å². The third kappa shape index (κ3) is 3.23. The molecule has 5 rings (SSSR count). The average molecular weight is 424 g/mol. The van der Waals surface area contributed by atoms with Crippen LogP contribution in [0.15, 0.2) is 71.9 Å². The van der Waals surface area contributed by atoms with E-state index in [9.17, 15) is 13.5 Å². The molecule has 2 aromatic carbocycles. The van der Waals surface area contributed by atoms with Gasteiger partial charge in [-0.2, -0.15) is 4.31 Å². The summed E-state index contributed by atoms with van der Waals surface area (Å²) in [6.07, 6.45) is 2.64. The SMILES string of the molecule is O=S1(=O)c2ccccc2[C@H](O)[C@H](Cc2ccc3c(c2)OCO3)N1Cc1cccnc1. The molecule has 0 saturated heterocycles. The van der Waals surface area contributed by atoms with Gasteiger partial charge in [0.2, 0.25) is 16.8 Å². The Balaban J connectivity index is 1.57. The fourth-order valence-corrected chi connectivity index (χ4v) is 5.88. The van der Waals surface area contributed by atoms with Crippen molar-refractivity contribution in [2.45, 2.75) is 30.0 Å². The molecule has 3 heterocycles. The summed E-state index contributed by atoms with van der Waals surface area (Å²) in [5.74, 6) is 1.29. The number of aliphatic hydroxyl groups is 1. The van der Waals surface area contributed by atoms with Crippen molar-refractivity contribution >= 4 is 10.0 Å². The number of aliphatic hydroxyl groups excluding tert-OH is 1. The number of benzene rings is 2. The highest BCUT2D eigenvalue weighted by Crippen LogP contribution is 2.40. The molecule has 0 radical (unpaired) electrons. The van der Waals surface area contributed by atoms with E-state index in [0.717, 1.165) is 11.1 Å². The van der Waals surface area contributed by atoms with Crippen LogP contribution >= 0.6 is 0 Å². The minimum absolute atomic E-state index is 0.122. The normalized spacial score (nSPS) is 21.9. The summed E-state index contributed by atoms with van der Waals surface area (Å²) < 4.78 is 39.2. The molecule has 30 heavy (non-hydrogen) atoms. The number of rotatable bonds is 4. The first-order valence-electron chi connectivity index (χ1n) is 9.60. The van der Waals surface area contributed by atoms with E-state index in [4.69, 9.17) is 9.47 Å². The van der Waals surface area contributed by atoms with E-state index < -0.39 is 22.2 Å². The summed E-state index contributed by atoms with van der Waals surface area (Å²) in [6, 6.07) is 15.1. The third-order valence-corrected chi connectivity index (χ3v) is 7.45. The van der Waals surface area contributed by atoms with E-state index in [1.807, 2.05) is 18.2 Å². The molecule has 0 aliphatic carbocycles. The van der Waals surface area contributed by atoms with Crippen LogP contribution < -0.4 is 9.47 Å². The number of hydrogen-bond donors (Lipinski definition) is 1. The molecule has 2 aliphatic rings. The van der Waals surface area contributed by atoms with Gasteiger partial charge in [-0.15, -0.1) is 0 Å². The molecular formula is C22H20N2O5S. The van der Waals surface area contributed by atoms with Crippen molar-refractivity contribution in [1.29, 1.82) is 0 Å². The molecule has 2 aliphatic heterocycles. The quantitative estimate of drug-likeness (QED) is 0.693. The minimum atomic E-state index is -3.81. The van der Waals surface area contributed by atoms with Gasteiger partial charge in [0.15, 0.2) is 11.5 Å². The van der Waals surface area contributed by atoms with Crippen molar-refractivity contribution in [2.75, 3.05) is 6.79 Å². The minimum Gasteiger partial charge on any atom is -0.454 e. The predicted molar refractivity (Wildman–Crippen MR) is 108 cm³/mol. The smallest absolute Gasteiger partial charge is 0.244 e. The van der Waals surface area contributed by atoms with E-state index in [1.54, 1.807) is 48.8 Å². The van der Waals surface area contributed by atoms with Crippen molar-refractivity contribution < 1.29 is 23.0 Å². The topological polar surface area (TPSA) is 89.0 Å². The van der Waals surface area contributed by atoms with Crippen molar-refractivity contribution in [3.8, 4) is 11.5 Å². The van der Waals surface area contributed by atoms with Gasteiger partial charge in [-0.1, -0.05) is 30.3 Å². The zero-order valence-electron chi connectivity index (χ0n) is 16.0. The molecular weight excluding hydrogens is 404 g/mol. The first-order valence-corrected chi connectivity index (χ1v) is 11.0. The largest absolute Gasteiger partial charge is 0.454 e. The van der Waals surface area contributed by atoms with E-state index in [0.29, 0.717) is 23.5 Å². The van der Waals surface area contributed by atoms with Crippen LogP contribution in [0.1, 0.15) is 22.8 Å². The lowest BCUT2D eigenvalue weighted by molar-refractivity contribution is 0.0769. The first-order chi connectivity index (χ1) is 14.5. The molecule has 1 aromatic heterocycles. The highest BCUT2D eigenvalue weighted by Gasteiger charge is 2.43. The molecule has 7 nitrogen and oxygen atoms in total. The zero-order valence-corrected chi connectivity index (χ0v) is 16.8. The van der Waals surface area contributed by atoms with Crippen LogP contribution in [0.3, 0.4) is 0 Å². The summed E-state index contributed by atoms with van der Waals surface area (Å²) in [7, 11) is -3.81. The van der Waals surface area contributed by atoms with Gasteiger partial charge in [-0.3, -0.25) is 4.98 Å². The number of aromatic nitrogens is 1. The monoisotopic (exact) mass is 424 g/mol. The summed E-state index contributed by atoms with van der Waals surface area (Å²) in [4.78, 5) is 4.24. The second-order valence-electron chi connectivity index (χ2n) is 7.35. The highest BCUT2D eigenvalue weighted by atomic mass is 32.2. The number of sulfonamides is 1. The van der Waals surface area contributed by atoms with Crippen LogP contribution in [0.4, 0.5) is 0 Å². The van der Waals surface area contributed by atoms with Gasteiger partial charge in [0.25, 0.3) is 0 Å². The highest BCUT2D eigenvalue weighted by molar-refractivity contribution is 7.89. The summed E-state index contributed by atoms with van der Waals surface area (Å²) in [5.41, 5.74) is 2.03. The van der Waals surface area contributed by atoms with Crippen molar-refractivity contribution in [3.63, 3.8) is 0 Å². The molecule has 3 aromatic rings. The van der Waals surface area contributed by atoms with Gasteiger partial charge < -0.3 is 14.6 Å². The zero-order chi connectivity index (χ0) is 20.7. The maximum Gasteiger partial charge on any atom is 0.244 e. The maximum absolute atomic E-state index is 13.5. The Morgan fingerprint density at radius 1 is 1.03 bits per heavy atom. The van der Waals surface area contributed by atoms with Crippen LogP contribution in [-0.2, 0) is 23.0 Å². The standard InChI is InChI=1S/C22H20N2O5S/c25-22-17-5-1-2-6-21(17)30(26,27)24(13-16-4-3-9-23-12-16)18(22)10-15-7-8-19-20(11-15)29-14-28-19/h1-9,11-12,18,22,25H,10,13-14H2/t18-,22-/m0/s1. The molecule has 0 fully saturated rings. The lowest BCUT2D eigenvalue weighted by Crippen LogP contribution is -2.48. The van der Waals surface area contributed by atoms with Crippen LogP contribution in [0, 0.1) is 0 Å². The van der Waals surface area contributed by atoms with Gasteiger partial charge in [0, 0.05) is 24.5 Å². The molecule has 0 spiro atoms. The summed E-state index contributed by atoms with van der Waals surface area (Å²) in [6.45, 7) is 0.288. The Morgan fingerprint density at radius 2 is 1.87 bits per heavy atom. The molecule has 0 saturated carbocycles. The van der Waals surface area contributed by atoms with Crippen molar-refractivity contribution in [2.24, 2.45) is 0 Å². The maximum atomic E-state index is 13.5. The number of nitrogens with zero attached hydrogens (tertiary/aromatic N) is 2. The van der Waals surface area contributed by atoms with Crippen molar-refractivity contribution in [3.05, 3.63) is 83.7 Å². The fraction of sp³-hybridized carbons (Fsp3) is 0.227. The van der Waals surface area contributed by atoms with Gasteiger partial charge in [0.05, 0.1) is 17.0 Å². The summed E-state index contributed by atoms with van der Waals surface area (Å²) >= 11 is 0. The van der Waals surface area contributed by atoms with Crippen LogP contribution in [0.5, 0.6) is 11.5 Å². The Hall–Kier alpha value is -2.94. The number of hydrogen-bond acceptors (Lipinski definition) is 6. The van der Waals surface area contributed by atoms with E-state index in [-0.39, 0.29) is 18.2 Å². The second kappa shape index (κ2) is 7.39. The van der Waals surface area contributed by atoms with E-state index in [1.165, 1.54) is 4.31 Å². The Kier molecular flexibility index (Phi) is 4.69. The van der Waals surface area contributed by atoms with Gasteiger partial charge in [0.1, 0.15) is 0 Å². The number of ether oxygens (including phenoxy) is 2. The van der Waals surface area contributed by atoms with Gasteiger partial charge in [-0.05, 0) is 41.8 Å². The van der Waals surface area contributed by atoms with Crippen LogP contribution in [0.25, 0.3) is 0 Å². The average Bonchev–Trinajstić information content (AvgIpc) is 3.23. The Morgan fingerprint density at radius 3 is 2.70 bits per heavy atom. The van der Waals surface area contributed by atoms with Gasteiger partial charge in [-0.25, -0.2) is 8.42 Å². The molecule has 2 atom stereocenters. The predicted octanol–water partition coefficient (Wildman–Crippen LogP) is 2.66. The van der Waals surface area contributed by atoms with E-state index in [2.05, 4.69) is 4.98 Å². The van der Waals surface area contributed by atoms with Gasteiger partial charge >= 0.3 is 0 Å². The first kappa shape index (κ1) is 19.0. The lowest BCUT2D eigenvalue weighted by Gasteiger charge is -2.39. The molecule has 8 heteroatoms. The molecule has 0 bridgehead atoms. The second-order valence-corrected chi connectivity index (χ2v) is 9.21. The van der Waals surface area contributed by atoms with E-state index >= 15 is 0 Å². The summed E-state index contributed by atoms with van der Waals surface area (Å²) in [5, 5.41) is 11.2. The number of pyridine rings is 1.